The summed E-state index contributed by atoms with van der Waals surface area (Å²) in [6.07, 6.45) is 11.6. The van der Waals surface area contributed by atoms with E-state index in [4.69, 9.17) is 5.73 Å². The monoisotopic (exact) mass is 515 g/mol. The Kier molecular flexibility index (Phi) is 10.0. The maximum atomic E-state index is 5.95. The van der Waals surface area contributed by atoms with Gasteiger partial charge in [-0.15, -0.1) is 34.2 Å². The topological polar surface area (TPSA) is 94.0 Å². The highest BCUT2D eigenvalue weighted by molar-refractivity contribution is 14.0. The van der Waals surface area contributed by atoms with Crippen LogP contribution in [0.15, 0.2) is 34.5 Å². The quantitative estimate of drug-likeness (QED) is 0.175. The summed E-state index contributed by atoms with van der Waals surface area (Å²) in [7, 11) is 0. The number of guanidine groups is 1. The number of aromatic nitrogens is 4. The fourth-order valence-corrected chi connectivity index (χ4v) is 4.08. The van der Waals surface area contributed by atoms with Gasteiger partial charge in [0.05, 0.1) is 0 Å². The number of hydrogen-bond donors (Lipinski definition) is 2. The van der Waals surface area contributed by atoms with Gasteiger partial charge in [-0.3, -0.25) is 9.98 Å². The molecule has 1 fully saturated rings. The molecule has 0 spiro atoms. The van der Waals surface area contributed by atoms with Gasteiger partial charge in [0, 0.05) is 43.9 Å². The van der Waals surface area contributed by atoms with Crippen LogP contribution in [-0.2, 0) is 12.8 Å². The highest BCUT2D eigenvalue weighted by Crippen LogP contribution is 2.33. The van der Waals surface area contributed by atoms with Crippen molar-refractivity contribution in [3.8, 4) is 0 Å². The van der Waals surface area contributed by atoms with Crippen molar-refractivity contribution in [2.75, 3.05) is 19.3 Å². The standard InChI is InChI=1S/C19H29N7S.HI/c1-27-19-25-24-17(26(19)16-8-2-3-9-16)10-6-13-22-18(20)23-14-11-15-7-4-5-12-21-15;/h4-5,7,12,16H,2-3,6,8-11,13-14H2,1H3,(H3,20,22,23);1H. The molecule has 0 saturated heterocycles. The van der Waals surface area contributed by atoms with E-state index in [-0.39, 0.29) is 24.0 Å². The Morgan fingerprint density at radius 1 is 1.29 bits per heavy atom. The van der Waals surface area contributed by atoms with E-state index >= 15 is 0 Å². The van der Waals surface area contributed by atoms with Crippen molar-refractivity contribution in [3.63, 3.8) is 0 Å². The van der Waals surface area contributed by atoms with Crippen molar-refractivity contribution < 1.29 is 0 Å². The van der Waals surface area contributed by atoms with Crippen LogP contribution in [0.5, 0.6) is 0 Å². The molecule has 0 atom stereocenters. The van der Waals surface area contributed by atoms with Crippen LogP contribution in [0.4, 0.5) is 0 Å². The van der Waals surface area contributed by atoms with Crippen LogP contribution in [0.1, 0.15) is 49.7 Å². The molecule has 1 saturated carbocycles. The summed E-state index contributed by atoms with van der Waals surface area (Å²) in [4.78, 5) is 8.72. The number of nitrogens with two attached hydrogens (primary N) is 1. The van der Waals surface area contributed by atoms with Crippen LogP contribution >= 0.6 is 35.7 Å². The molecule has 3 N–H and O–H groups in total. The van der Waals surface area contributed by atoms with E-state index in [9.17, 15) is 0 Å². The number of hydrogen-bond acceptors (Lipinski definition) is 5. The maximum Gasteiger partial charge on any atom is 0.191 e. The third-order valence-electron chi connectivity index (χ3n) is 4.86. The molecule has 3 rings (SSSR count). The summed E-state index contributed by atoms with van der Waals surface area (Å²) in [5, 5.41) is 13.0. The zero-order chi connectivity index (χ0) is 18.9. The molecule has 0 amide bonds. The van der Waals surface area contributed by atoms with Crippen LogP contribution in [0, 0.1) is 0 Å². The Hall–Kier alpha value is -1.36. The smallest absolute Gasteiger partial charge is 0.191 e. The second-order valence-corrected chi connectivity index (χ2v) is 7.55. The summed E-state index contributed by atoms with van der Waals surface area (Å²) in [5.74, 6) is 1.58. The third-order valence-corrected chi connectivity index (χ3v) is 5.51. The van der Waals surface area contributed by atoms with Gasteiger partial charge in [0.15, 0.2) is 11.1 Å². The van der Waals surface area contributed by atoms with Crippen molar-refractivity contribution in [3.05, 3.63) is 35.9 Å². The number of thioether (sulfide) groups is 1. The molecule has 2 aromatic heterocycles. The number of aryl methyl sites for hydroxylation is 1. The van der Waals surface area contributed by atoms with E-state index in [1.807, 2.05) is 18.2 Å². The Labute approximate surface area is 188 Å². The Bertz CT molecular complexity index is 729. The lowest BCUT2D eigenvalue weighted by molar-refractivity contribution is 0.461. The molecule has 0 aromatic carbocycles. The zero-order valence-corrected chi connectivity index (χ0v) is 19.5. The molecule has 2 aromatic rings. The lowest BCUT2D eigenvalue weighted by Gasteiger charge is -2.16. The number of aliphatic imine (C=N–C) groups is 1. The van der Waals surface area contributed by atoms with Gasteiger partial charge >= 0.3 is 0 Å². The Morgan fingerprint density at radius 3 is 2.82 bits per heavy atom. The molecule has 0 bridgehead atoms. The molecule has 28 heavy (non-hydrogen) atoms. The molecule has 1 aliphatic rings. The minimum Gasteiger partial charge on any atom is -0.370 e. The molecule has 0 radical (unpaired) electrons. The lowest BCUT2D eigenvalue weighted by Crippen LogP contribution is -2.33. The molecule has 0 unspecified atom stereocenters. The highest BCUT2D eigenvalue weighted by Gasteiger charge is 2.23. The predicted octanol–water partition coefficient (Wildman–Crippen LogP) is 3.21. The minimum atomic E-state index is 0. The largest absolute Gasteiger partial charge is 0.370 e. The summed E-state index contributed by atoms with van der Waals surface area (Å²) in [5.41, 5.74) is 7.00. The lowest BCUT2D eigenvalue weighted by atomic mass is 10.2. The van der Waals surface area contributed by atoms with E-state index in [1.54, 1.807) is 18.0 Å². The zero-order valence-electron chi connectivity index (χ0n) is 16.4. The van der Waals surface area contributed by atoms with E-state index in [1.165, 1.54) is 25.7 Å². The van der Waals surface area contributed by atoms with Gasteiger partial charge in [-0.25, -0.2) is 0 Å². The second kappa shape index (κ2) is 12.3. The first-order valence-electron chi connectivity index (χ1n) is 9.69. The number of halogens is 1. The second-order valence-electron chi connectivity index (χ2n) is 6.78. The van der Waals surface area contributed by atoms with E-state index in [2.05, 4.69) is 36.3 Å². The van der Waals surface area contributed by atoms with Crippen LogP contribution < -0.4 is 11.1 Å². The summed E-state index contributed by atoms with van der Waals surface area (Å²) >= 11 is 1.68. The molecule has 2 heterocycles. The fourth-order valence-electron chi connectivity index (χ4n) is 3.50. The van der Waals surface area contributed by atoms with Crippen LogP contribution in [0.3, 0.4) is 0 Å². The Balaban J connectivity index is 0.00000280. The van der Waals surface area contributed by atoms with Crippen molar-refractivity contribution in [2.45, 2.75) is 56.1 Å². The molecule has 7 nitrogen and oxygen atoms in total. The highest BCUT2D eigenvalue weighted by atomic mass is 127. The van der Waals surface area contributed by atoms with Crippen molar-refractivity contribution in [1.29, 1.82) is 0 Å². The molecular weight excluding hydrogens is 485 g/mol. The van der Waals surface area contributed by atoms with Crippen molar-refractivity contribution in [1.82, 2.24) is 25.1 Å². The summed E-state index contributed by atoms with van der Waals surface area (Å²) < 4.78 is 2.36. The average molecular weight is 515 g/mol. The van der Waals surface area contributed by atoms with Crippen LogP contribution in [0.2, 0.25) is 0 Å². The summed E-state index contributed by atoms with van der Waals surface area (Å²) in [6, 6.07) is 6.49. The fraction of sp³-hybridized carbons (Fsp3) is 0.579. The van der Waals surface area contributed by atoms with E-state index < -0.39 is 0 Å². The minimum absolute atomic E-state index is 0. The van der Waals surface area contributed by atoms with Gasteiger partial charge in [0.2, 0.25) is 0 Å². The maximum absolute atomic E-state index is 5.95. The number of nitrogens with one attached hydrogen (secondary N) is 1. The SMILES string of the molecule is CSc1nnc(CCCN=C(N)NCCc2ccccn2)n1C1CCCC1.I. The van der Waals surface area contributed by atoms with Crippen molar-refractivity contribution >= 4 is 41.7 Å². The van der Waals surface area contributed by atoms with E-state index in [0.29, 0.717) is 18.5 Å². The van der Waals surface area contributed by atoms with Gasteiger partial charge < -0.3 is 15.6 Å². The first-order chi connectivity index (χ1) is 13.3. The predicted molar refractivity (Wildman–Crippen MR) is 125 cm³/mol. The number of pyridine rings is 1. The first kappa shape index (κ1) is 22.9. The molecule has 1 aliphatic carbocycles. The van der Waals surface area contributed by atoms with Gasteiger partial charge in [0.25, 0.3) is 0 Å². The van der Waals surface area contributed by atoms with Crippen LogP contribution in [0.25, 0.3) is 0 Å². The average Bonchev–Trinajstić information content (AvgIpc) is 3.35. The van der Waals surface area contributed by atoms with Crippen molar-refractivity contribution in [2.24, 2.45) is 10.7 Å². The van der Waals surface area contributed by atoms with E-state index in [0.717, 1.165) is 42.5 Å². The van der Waals surface area contributed by atoms with Gasteiger partial charge in [0.1, 0.15) is 5.82 Å². The van der Waals surface area contributed by atoms with Gasteiger partial charge in [-0.2, -0.15) is 0 Å². The Morgan fingerprint density at radius 2 is 2.11 bits per heavy atom. The summed E-state index contributed by atoms with van der Waals surface area (Å²) in [6.45, 7) is 1.42. The van der Waals surface area contributed by atoms with Gasteiger partial charge in [-0.1, -0.05) is 30.7 Å². The number of nitrogens with zero attached hydrogens (tertiary/aromatic N) is 5. The molecule has 154 valence electrons. The normalized spacial score (nSPS) is 14.8. The first-order valence-corrected chi connectivity index (χ1v) is 10.9. The molecule has 9 heteroatoms. The molecular formula is C19H30IN7S. The molecule has 0 aliphatic heterocycles. The van der Waals surface area contributed by atoms with Gasteiger partial charge in [-0.05, 0) is 37.7 Å². The van der Waals surface area contributed by atoms with Crippen LogP contribution in [-0.4, -0.2) is 45.1 Å². The number of rotatable bonds is 9. The third kappa shape index (κ3) is 6.61.